The summed E-state index contributed by atoms with van der Waals surface area (Å²) in [4.78, 5) is 24.3. The molecule has 1 aromatic heterocycles. The predicted molar refractivity (Wildman–Crippen MR) is 119 cm³/mol. The van der Waals surface area contributed by atoms with Gasteiger partial charge in [0.2, 0.25) is 5.91 Å². The van der Waals surface area contributed by atoms with Crippen molar-refractivity contribution >= 4 is 11.6 Å². The lowest BCUT2D eigenvalue weighted by Gasteiger charge is -2.09. The molecule has 0 unspecified atom stereocenters. The SMILES string of the molecule is CCOc1ccc(-c2ccc(=O)n(CCCC(=O)Nc3ccc(CC)cc3)n2)cc1. The highest BCUT2D eigenvalue weighted by molar-refractivity contribution is 5.90. The summed E-state index contributed by atoms with van der Waals surface area (Å²) in [5.41, 5.74) is 3.44. The lowest BCUT2D eigenvalue weighted by atomic mass is 10.1. The zero-order valence-corrected chi connectivity index (χ0v) is 17.4. The van der Waals surface area contributed by atoms with Gasteiger partial charge < -0.3 is 10.1 Å². The largest absolute Gasteiger partial charge is 0.494 e. The molecule has 0 spiro atoms. The number of hydrogen-bond acceptors (Lipinski definition) is 4. The Morgan fingerprint density at radius 3 is 2.40 bits per heavy atom. The number of nitrogens with one attached hydrogen (secondary N) is 1. The molecule has 0 aliphatic heterocycles. The number of benzene rings is 2. The predicted octanol–water partition coefficient (Wildman–Crippen LogP) is 4.29. The van der Waals surface area contributed by atoms with Crippen LogP contribution < -0.4 is 15.6 Å². The van der Waals surface area contributed by atoms with Gasteiger partial charge in [0, 0.05) is 30.3 Å². The number of carbonyl (C=O) groups is 1. The number of aromatic nitrogens is 2. The average molecular weight is 405 g/mol. The third kappa shape index (κ3) is 5.80. The molecule has 156 valence electrons. The van der Waals surface area contributed by atoms with Crippen LogP contribution in [0.1, 0.15) is 32.3 Å². The quantitative estimate of drug-likeness (QED) is 0.576. The molecule has 1 N–H and O–H groups in total. The molecule has 3 aromatic rings. The van der Waals surface area contributed by atoms with Crippen molar-refractivity contribution in [2.24, 2.45) is 0 Å². The minimum absolute atomic E-state index is 0.0741. The molecule has 0 saturated heterocycles. The zero-order chi connectivity index (χ0) is 21.3. The van der Waals surface area contributed by atoms with Gasteiger partial charge in [0.05, 0.1) is 12.3 Å². The van der Waals surface area contributed by atoms with E-state index in [4.69, 9.17) is 4.74 Å². The van der Waals surface area contributed by atoms with Crippen LogP contribution in [0.3, 0.4) is 0 Å². The Morgan fingerprint density at radius 2 is 1.73 bits per heavy atom. The van der Waals surface area contributed by atoms with Crippen LogP contribution in [-0.4, -0.2) is 22.3 Å². The van der Waals surface area contributed by atoms with Crippen molar-refractivity contribution in [3.8, 4) is 17.0 Å². The van der Waals surface area contributed by atoms with Gasteiger partial charge in [0.15, 0.2) is 0 Å². The lowest BCUT2D eigenvalue weighted by molar-refractivity contribution is -0.116. The molecule has 30 heavy (non-hydrogen) atoms. The number of aryl methyl sites for hydroxylation is 2. The Bertz CT molecular complexity index is 1020. The van der Waals surface area contributed by atoms with Gasteiger partial charge in [0.25, 0.3) is 5.56 Å². The van der Waals surface area contributed by atoms with Gasteiger partial charge in [-0.1, -0.05) is 19.1 Å². The van der Waals surface area contributed by atoms with Crippen molar-refractivity contribution in [1.82, 2.24) is 9.78 Å². The molecule has 2 aromatic carbocycles. The van der Waals surface area contributed by atoms with Gasteiger partial charge in [-0.3, -0.25) is 9.59 Å². The number of amides is 1. The van der Waals surface area contributed by atoms with Crippen LogP contribution in [0.15, 0.2) is 65.5 Å². The second-order valence-electron chi connectivity index (χ2n) is 6.94. The molecule has 0 fully saturated rings. The van der Waals surface area contributed by atoms with Gasteiger partial charge >= 0.3 is 0 Å². The fourth-order valence-electron chi connectivity index (χ4n) is 3.09. The van der Waals surface area contributed by atoms with Crippen molar-refractivity contribution in [3.05, 3.63) is 76.6 Å². The molecular formula is C24H27N3O3. The van der Waals surface area contributed by atoms with Crippen LogP contribution in [0.2, 0.25) is 0 Å². The molecular weight excluding hydrogens is 378 g/mol. The zero-order valence-electron chi connectivity index (χ0n) is 17.4. The number of anilines is 1. The number of hydrogen-bond donors (Lipinski definition) is 1. The number of nitrogens with zero attached hydrogens (tertiary/aromatic N) is 2. The van der Waals surface area contributed by atoms with Crippen LogP contribution in [0.25, 0.3) is 11.3 Å². The van der Waals surface area contributed by atoms with Crippen molar-refractivity contribution in [2.75, 3.05) is 11.9 Å². The van der Waals surface area contributed by atoms with E-state index < -0.39 is 0 Å². The van der Waals surface area contributed by atoms with Gasteiger partial charge in [-0.2, -0.15) is 5.10 Å². The topological polar surface area (TPSA) is 73.2 Å². The van der Waals surface area contributed by atoms with Crippen molar-refractivity contribution in [1.29, 1.82) is 0 Å². The van der Waals surface area contributed by atoms with E-state index in [1.54, 1.807) is 6.07 Å². The standard InChI is InChI=1S/C24H27N3O3/c1-3-18-7-11-20(12-8-18)25-23(28)6-5-17-27-24(29)16-15-22(26-27)19-9-13-21(14-10-19)30-4-2/h7-16H,3-6,17H2,1-2H3,(H,25,28). The summed E-state index contributed by atoms with van der Waals surface area (Å²) >= 11 is 0. The smallest absolute Gasteiger partial charge is 0.266 e. The third-order valence-electron chi connectivity index (χ3n) is 4.75. The van der Waals surface area contributed by atoms with Crippen LogP contribution in [0.4, 0.5) is 5.69 Å². The van der Waals surface area contributed by atoms with E-state index in [-0.39, 0.29) is 11.5 Å². The average Bonchev–Trinajstić information content (AvgIpc) is 2.76. The third-order valence-corrected chi connectivity index (χ3v) is 4.75. The maximum Gasteiger partial charge on any atom is 0.266 e. The minimum atomic E-state index is -0.180. The minimum Gasteiger partial charge on any atom is -0.494 e. The van der Waals surface area contributed by atoms with E-state index in [0.717, 1.165) is 23.4 Å². The molecule has 0 atom stereocenters. The highest BCUT2D eigenvalue weighted by atomic mass is 16.5. The fourth-order valence-corrected chi connectivity index (χ4v) is 3.09. The first-order valence-electron chi connectivity index (χ1n) is 10.3. The number of rotatable bonds is 9. The lowest BCUT2D eigenvalue weighted by Crippen LogP contribution is -2.23. The van der Waals surface area contributed by atoms with Crippen molar-refractivity contribution in [2.45, 2.75) is 39.7 Å². The van der Waals surface area contributed by atoms with E-state index in [0.29, 0.717) is 31.7 Å². The van der Waals surface area contributed by atoms with Crippen LogP contribution >= 0.6 is 0 Å². The van der Waals surface area contributed by atoms with Gasteiger partial charge in [-0.05, 0) is 67.8 Å². The Morgan fingerprint density at radius 1 is 1.00 bits per heavy atom. The molecule has 6 nitrogen and oxygen atoms in total. The molecule has 0 bridgehead atoms. The van der Waals surface area contributed by atoms with Crippen molar-refractivity contribution in [3.63, 3.8) is 0 Å². The summed E-state index contributed by atoms with van der Waals surface area (Å²) < 4.78 is 6.87. The molecule has 1 heterocycles. The molecule has 3 rings (SSSR count). The highest BCUT2D eigenvalue weighted by Crippen LogP contribution is 2.20. The summed E-state index contributed by atoms with van der Waals surface area (Å²) in [5, 5.41) is 7.34. The van der Waals surface area contributed by atoms with E-state index in [1.807, 2.05) is 55.5 Å². The van der Waals surface area contributed by atoms with Crippen LogP contribution in [-0.2, 0) is 17.8 Å². The molecule has 0 saturated carbocycles. The first kappa shape index (κ1) is 21.3. The Balaban J connectivity index is 1.57. The van der Waals surface area contributed by atoms with Crippen molar-refractivity contribution < 1.29 is 9.53 Å². The van der Waals surface area contributed by atoms with Crippen LogP contribution in [0.5, 0.6) is 5.75 Å². The number of ether oxygens (including phenoxy) is 1. The summed E-state index contributed by atoms with van der Waals surface area (Å²) in [6.07, 6.45) is 1.81. The summed E-state index contributed by atoms with van der Waals surface area (Å²) in [6.45, 7) is 5.02. The monoisotopic (exact) mass is 405 g/mol. The summed E-state index contributed by atoms with van der Waals surface area (Å²) in [7, 11) is 0. The summed E-state index contributed by atoms with van der Waals surface area (Å²) in [6, 6.07) is 18.6. The normalized spacial score (nSPS) is 10.6. The molecule has 0 aliphatic rings. The van der Waals surface area contributed by atoms with Crippen LogP contribution in [0, 0.1) is 0 Å². The second-order valence-corrected chi connectivity index (χ2v) is 6.94. The molecule has 0 aliphatic carbocycles. The highest BCUT2D eigenvalue weighted by Gasteiger charge is 2.07. The van der Waals surface area contributed by atoms with E-state index in [2.05, 4.69) is 17.3 Å². The second kappa shape index (κ2) is 10.4. The van der Waals surface area contributed by atoms with E-state index >= 15 is 0 Å². The number of carbonyl (C=O) groups excluding carboxylic acids is 1. The van der Waals surface area contributed by atoms with E-state index in [9.17, 15) is 9.59 Å². The Hall–Kier alpha value is -3.41. The maximum atomic E-state index is 12.2. The van der Waals surface area contributed by atoms with Gasteiger partial charge in [-0.25, -0.2) is 4.68 Å². The Kier molecular flexibility index (Phi) is 7.38. The van der Waals surface area contributed by atoms with Gasteiger partial charge in [0.1, 0.15) is 5.75 Å². The first-order valence-corrected chi connectivity index (χ1v) is 10.3. The van der Waals surface area contributed by atoms with Gasteiger partial charge in [-0.15, -0.1) is 0 Å². The van der Waals surface area contributed by atoms with E-state index in [1.165, 1.54) is 16.3 Å². The first-order chi connectivity index (χ1) is 14.6. The fraction of sp³-hybridized carbons (Fsp3) is 0.292. The molecule has 1 amide bonds. The summed E-state index contributed by atoms with van der Waals surface area (Å²) in [5.74, 6) is 0.722. The Labute approximate surface area is 176 Å². The maximum absolute atomic E-state index is 12.2. The molecule has 0 radical (unpaired) electrons. The molecule has 6 heteroatoms.